The second-order valence-corrected chi connectivity index (χ2v) is 2.83. The van der Waals surface area contributed by atoms with Crippen molar-refractivity contribution in [2.75, 3.05) is 13.7 Å². The summed E-state index contributed by atoms with van der Waals surface area (Å²) in [6, 6.07) is -0.356. The van der Waals surface area contributed by atoms with Crippen LogP contribution in [-0.4, -0.2) is 36.9 Å². The molecule has 66 valence electrons. The van der Waals surface area contributed by atoms with Crippen molar-refractivity contribution in [3.05, 3.63) is 0 Å². The summed E-state index contributed by atoms with van der Waals surface area (Å²) < 4.78 is 5.06. The Hall–Kier alpha value is -0.610. The van der Waals surface area contributed by atoms with Crippen molar-refractivity contribution in [2.24, 2.45) is 0 Å². The summed E-state index contributed by atoms with van der Waals surface area (Å²) in [6.45, 7) is 3.47. The molecule has 4 nitrogen and oxygen atoms in total. The number of ether oxygens (including phenoxy) is 1. The lowest BCUT2D eigenvalue weighted by molar-refractivity contribution is -0.113. The molecule has 0 radical (unpaired) electrons. The number of aliphatic hydroxyl groups is 1. The minimum absolute atomic E-state index is 0.125. The predicted octanol–water partition coefficient (Wildman–Crippen LogP) is -0.482. The van der Waals surface area contributed by atoms with E-state index >= 15 is 0 Å². The smallest absolute Gasteiger partial charge is 0.207 e. The van der Waals surface area contributed by atoms with Crippen LogP contribution in [0.25, 0.3) is 0 Å². The first-order valence-corrected chi connectivity index (χ1v) is 3.44. The summed E-state index contributed by atoms with van der Waals surface area (Å²) in [6.07, 6.45) is 0.557. The summed E-state index contributed by atoms with van der Waals surface area (Å²) in [7, 11) is 1.54. The van der Waals surface area contributed by atoms with Gasteiger partial charge in [-0.1, -0.05) is 0 Å². The molecule has 2 N–H and O–H groups in total. The third-order valence-electron chi connectivity index (χ3n) is 1.82. The average Bonchev–Trinajstić information content (AvgIpc) is 2.00. The minimum atomic E-state index is -0.532. The topological polar surface area (TPSA) is 58.6 Å². The molecule has 0 aliphatic carbocycles. The highest BCUT2D eigenvalue weighted by atomic mass is 16.5. The zero-order valence-electron chi connectivity index (χ0n) is 7.13. The molecule has 0 spiro atoms. The first-order valence-electron chi connectivity index (χ1n) is 3.44. The zero-order chi connectivity index (χ0) is 8.91. The van der Waals surface area contributed by atoms with Crippen LogP contribution in [0.4, 0.5) is 0 Å². The number of nitrogens with one attached hydrogen (secondary N) is 1. The Balaban J connectivity index is 4.10. The maximum Gasteiger partial charge on any atom is 0.207 e. The number of carbonyl (C=O) groups is 1. The van der Waals surface area contributed by atoms with Gasteiger partial charge in [-0.2, -0.15) is 0 Å². The molecule has 0 aromatic carbocycles. The lowest BCUT2D eigenvalue weighted by atomic mass is 10.00. The maximum atomic E-state index is 10.1. The largest absolute Gasteiger partial charge is 0.394 e. The van der Waals surface area contributed by atoms with E-state index in [1.54, 1.807) is 13.8 Å². The van der Waals surface area contributed by atoms with Gasteiger partial charge in [0.2, 0.25) is 6.41 Å². The van der Waals surface area contributed by atoms with Gasteiger partial charge in [-0.05, 0) is 13.8 Å². The van der Waals surface area contributed by atoms with Crippen LogP contribution in [0.5, 0.6) is 0 Å². The highest BCUT2D eigenvalue weighted by Gasteiger charge is 2.27. The Morgan fingerprint density at radius 1 is 1.73 bits per heavy atom. The van der Waals surface area contributed by atoms with Crippen LogP contribution < -0.4 is 5.32 Å². The SMILES string of the molecule is COC(C)(C)[C@@H](CO)NC=O. The number of carbonyl (C=O) groups excluding carboxylic acids is 1. The van der Waals surface area contributed by atoms with E-state index in [-0.39, 0.29) is 12.6 Å². The number of hydrogen-bond acceptors (Lipinski definition) is 3. The molecule has 0 rings (SSSR count). The molecule has 0 saturated carbocycles. The van der Waals surface area contributed by atoms with Crippen molar-refractivity contribution in [1.29, 1.82) is 0 Å². The van der Waals surface area contributed by atoms with Crippen LogP contribution >= 0.6 is 0 Å². The molecule has 1 atom stereocenters. The van der Waals surface area contributed by atoms with Gasteiger partial charge in [0.25, 0.3) is 0 Å². The fourth-order valence-electron chi connectivity index (χ4n) is 0.698. The molecule has 0 unspecified atom stereocenters. The predicted molar refractivity (Wildman–Crippen MR) is 41.2 cm³/mol. The van der Waals surface area contributed by atoms with Crippen LogP contribution in [0.15, 0.2) is 0 Å². The normalized spacial score (nSPS) is 14.2. The Kier molecular flexibility index (Phi) is 4.07. The second-order valence-electron chi connectivity index (χ2n) is 2.83. The Morgan fingerprint density at radius 3 is 2.55 bits per heavy atom. The fourth-order valence-corrected chi connectivity index (χ4v) is 0.698. The van der Waals surface area contributed by atoms with Gasteiger partial charge in [0.1, 0.15) is 0 Å². The van der Waals surface area contributed by atoms with Crippen molar-refractivity contribution in [1.82, 2.24) is 5.32 Å². The van der Waals surface area contributed by atoms with Gasteiger partial charge in [0, 0.05) is 7.11 Å². The molecule has 0 aliphatic heterocycles. The molecule has 4 heteroatoms. The van der Waals surface area contributed by atoms with E-state index in [0.717, 1.165) is 0 Å². The zero-order valence-corrected chi connectivity index (χ0v) is 7.13. The quantitative estimate of drug-likeness (QED) is 0.535. The molecule has 0 heterocycles. The van der Waals surface area contributed by atoms with Gasteiger partial charge in [0.05, 0.1) is 18.2 Å². The molecule has 0 saturated heterocycles. The van der Waals surface area contributed by atoms with Crippen molar-refractivity contribution in [3.63, 3.8) is 0 Å². The highest BCUT2D eigenvalue weighted by molar-refractivity contribution is 5.47. The van der Waals surface area contributed by atoms with Crippen molar-refractivity contribution < 1.29 is 14.6 Å². The summed E-state index contributed by atoms with van der Waals surface area (Å²) in [4.78, 5) is 10.1. The first kappa shape index (κ1) is 10.4. The molecule has 0 aromatic heterocycles. The fraction of sp³-hybridized carbons (Fsp3) is 0.857. The molecular formula is C7H15NO3. The Bertz CT molecular complexity index is 125. The second kappa shape index (κ2) is 4.31. The number of aliphatic hydroxyl groups excluding tert-OH is 1. The van der Waals surface area contributed by atoms with E-state index < -0.39 is 5.60 Å². The molecule has 0 bridgehead atoms. The number of rotatable bonds is 5. The Labute approximate surface area is 66.5 Å². The van der Waals surface area contributed by atoms with Crippen LogP contribution in [0.2, 0.25) is 0 Å². The third kappa shape index (κ3) is 2.86. The minimum Gasteiger partial charge on any atom is -0.394 e. The molecule has 0 fully saturated rings. The van der Waals surface area contributed by atoms with Crippen LogP contribution in [-0.2, 0) is 9.53 Å². The Morgan fingerprint density at radius 2 is 2.27 bits per heavy atom. The summed E-state index contributed by atoms with van der Waals surface area (Å²) in [5.41, 5.74) is -0.532. The summed E-state index contributed by atoms with van der Waals surface area (Å²) in [5, 5.41) is 11.3. The standard InChI is InChI=1S/C7H15NO3/c1-7(2,11-3)6(4-9)8-5-10/h5-6,9H,4H2,1-3H3,(H,8,10)/t6-/m1/s1. The summed E-state index contributed by atoms with van der Waals surface area (Å²) in [5.74, 6) is 0. The van der Waals surface area contributed by atoms with Crippen LogP contribution in [0.3, 0.4) is 0 Å². The average molecular weight is 161 g/mol. The molecular weight excluding hydrogens is 146 g/mol. The lowest BCUT2D eigenvalue weighted by Gasteiger charge is -2.30. The third-order valence-corrected chi connectivity index (χ3v) is 1.82. The number of hydrogen-bond donors (Lipinski definition) is 2. The van der Waals surface area contributed by atoms with Crippen molar-refractivity contribution in [2.45, 2.75) is 25.5 Å². The monoisotopic (exact) mass is 161 g/mol. The van der Waals surface area contributed by atoms with Gasteiger partial charge in [-0.25, -0.2) is 0 Å². The van der Waals surface area contributed by atoms with Crippen molar-refractivity contribution in [3.8, 4) is 0 Å². The number of amides is 1. The van der Waals surface area contributed by atoms with Gasteiger partial charge in [-0.3, -0.25) is 4.79 Å². The van der Waals surface area contributed by atoms with Gasteiger partial charge >= 0.3 is 0 Å². The molecule has 0 aromatic rings. The van der Waals surface area contributed by atoms with E-state index in [2.05, 4.69) is 5.32 Å². The van der Waals surface area contributed by atoms with Crippen LogP contribution in [0.1, 0.15) is 13.8 Å². The molecule has 1 amide bonds. The molecule has 11 heavy (non-hydrogen) atoms. The van der Waals surface area contributed by atoms with E-state index in [1.807, 2.05) is 0 Å². The van der Waals surface area contributed by atoms with Gasteiger partial charge in [0.15, 0.2) is 0 Å². The molecule has 0 aliphatic rings. The highest BCUT2D eigenvalue weighted by Crippen LogP contribution is 2.12. The van der Waals surface area contributed by atoms with E-state index in [4.69, 9.17) is 9.84 Å². The maximum absolute atomic E-state index is 10.1. The lowest BCUT2D eigenvalue weighted by Crippen LogP contribution is -2.49. The van der Waals surface area contributed by atoms with Crippen molar-refractivity contribution >= 4 is 6.41 Å². The summed E-state index contributed by atoms with van der Waals surface area (Å²) >= 11 is 0. The number of methoxy groups -OCH3 is 1. The first-order chi connectivity index (χ1) is 5.08. The van der Waals surface area contributed by atoms with Crippen LogP contribution in [0, 0.1) is 0 Å². The van der Waals surface area contributed by atoms with E-state index in [0.29, 0.717) is 6.41 Å². The van der Waals surface area contributed by atoms with E-state index in [9.17, 15) is 4.79 Å². The van der Waals surface area contributed by atoms with Gasteiger partial charge < -0.3 is 15.2 Å². The van der Waals surface area contributed by atoms with Gasteiger partial charge in [-0.15, -0.1) is 0 Å². The van der Waals surface area contributed by atoms with E-state index in [1.165, 1.54) is 7.11 Å².